The monoisotopic (exact) mass is 483 g/mol. The van der Waals surface area contributed by atoms with Crippen molar-refractivity contribution in [2.24, 2.45) is 0 Å². The van der Waals surface area contributed by atoms with Gasteiger partial charge in [0.25, 0.3) is 11.6 Å². The van der Waals surface area contributed by atoms with Crippen LogP contribution in [0.4, 0.5) is 29.7 Å². The zero-order chi connectivity index (χ0) is 23.3. The number of para-hydroxylation sites is 1. The Morgan fingerprint density at radius 2 is 1.84 bits per heavy atom. The highest BCUT2D eigenvalue weighted by atomic mass is 32.2. The first-order valence-electron chi connectivity index (χ1n) is 8.61. The van der Waals surface area contributed by atoms with Crippen molar-refractivity contribution in [2.75, 3.05) is 16.4 Å². The second kappa shape index (κ2) is 9.74. The van der Waals surface area contributed by atoms with Gasteiger partial charge in [0, 0.05) is 17.7 Å². The molecule has 0 aliphatic rings. The molecule has 0 saturated heterocycles. The summed E-state index contributed by atoms with van der Waals surface area (Å²) in [6.07, 6.45) is -4.61. The van der Waals surface area contributed by atoms with Crippen LogP contribution in [0.3, 0.4) is 0 Å². The normalized spacial score (nSPS) is 11.1. The lowest BCUT2D eigenvalue weighted by Gasteiger charge is -2.13. The van der Waals surface area contributed by atoms with Gasteiger partial charge in [0.1, 0.15) is 0 Å². The average Bonchev–Trinajstić information content (AvgIpc) is 3.19. The van der Waals surface area contributed by atoms with Crippen LogP contribution < -0.4 is 10.6 Å². The van der Waals surface area contributed by atoms with Crippen LogP contribution >= 0.6 is 23.1 Å². The minimum atomic E-state index is -4.61. The van der Waals surface area contributed by atoms with Gasteiger partial charge in [-0.25, -0.2) is 0 Å². The molecule has 0 bridgehead atoms. The van der Waals surface area contributed by atoms with Gasteiger partial charge in [0.2, 0.25) is 11.0 Å². The number of nitrogens with zero attached hydrogens (tertiary/aromatic N) is 3. The number of thioether (sulfide) groups is 1. The molecule has 0 aliphatic heterocycles. The van der Waals surface area contributed by atoms with Crippen molar-refractivity contribution in [3.8, 4) is 0 Å². The van der Waals surface area contributed by atoms with Crippen molar-refractivity contribution in [1.82, 2.24) is 10.2 Å². The predicted octanol–water partition coefficient (Wildman–Crippen LogP) is 4.45. The molecule has 0 radical (unpaired) electrons. The molecule has 0 atom stereocenters. The zero-order valence-electron chi connectivity index (χ0n) is 15.8. The maximum atomic E-state index is 13.0. The predicted molar refractivity (Wildman–Crippen MR) is 112 cm³/mol. The first-order chi connectivity index (χ1) is 15.1. The fourth-order valence-electron chi connectivity index (χ4n) is 2.40. The molecule has 0 spiro atoms. The van der Waals surface area contributed by atoms with Crippen LogP contribution in [0.2, 0.25) is 0 Å². The summed E-state index contributed by atoms with van der Waals surface area (Å²) in [6, 6.07) is 9.72. The Morgan fingerprint density at radius 1 is 1.09 bits per heavy atom. The molecule has 0 fully saturated rings. The maximum Gasteiger partial charge on any atom is 0.418 e. The van der Waals surface area contributed by atoms with E-state index in [0.29, 0.717) is 4.34 Å². The lowest BCUT2D eigenvalue weighted by atomic mass is 10.1. The summed E-state index contributed by atoms with van der Waals surface area (Å²) >= 11 is 1.86. The molecular formula is C18H12F3N5O4S2. The number of aromatic nitrogens is 2. The summed E-state index contributed by atoms with van der Waals surface area (Å²) in [5.41, 5.74) is -1.51. The highest BCUT2D eigenvalue weighted by Crippen LogP contribution is 2.34. The minimum absolute atomic E-state index is 0.0475. The quantitative estimate of drug-likeness (QED) is 0.220. The summed E-state index contributed by atoms with van der Waals surface area (Å²) in [5, 5.41) is 23.1. The van der Waals surface area contributed by atoms with Crippen LogP contribution in [0.15, 0.2) is 52.9 Å². The third kappa shape index (κ3) is 6.01. The zero-order valence-corrected chi connectivity index (χ0v) is 17.4. The van der Waals surface area contributed by atoms with E-state index in [1.807, 2.05) is 0 Å². The topological polar surface area (TPSA) is 127 Å². The number of carbonyl (C=O) groups is 2. The molecule has 1 aromatic heterocycles. The largest absolute Gasteiger partial charge is 0.418 e. The summed E-state index contributed by atoms with van der Waals surface area (Å²) in [7, 11) is 0. The van der Waals surface area contributed by atoms with Gasteiger partial charge in [-0.2, -0.15) is 13.2 Å². The van der Waals surface area contributed by atoms with Crippen LogP contribution in [0.1, 0.15) is 15.9 Å². The summed E-state index contributed by atoms with van der Waals surface area (Å²) in [5.74, 6) is -1.55. The number of alkyl halides is 3. The molecule has 32 heavy (non-hydrogen) atoms. The summed E-state index contributed by atoms with van der Waals surface area (Å²) < 4.78 is 39.3. The number of nitrogens with one attached hydrogen (secondary N) is 2. The van der Waals surface area contributed by atoms with Gasteiger partial charge >= 0.3 is 6.18 Å². The number of amides is 2. The lowest BCUT2D eigenvalue weighted by Crippen LogP contribution is -2.18. The third-order valence-corrected chi connectivity index (χ3v) is 5.75. The van der Waals surface area contributed by atoms with E-state index in [1.54, 1.807) is 0 Å². The number of hydrogen-bond acceptors (Lipinski definition) is 8. The van der Waals surface area contributed by atoms with Crippen LogP contribution in [-0.4, -0.2) is 32.7 Å². The van der Waals surface area contributed by atoms with Crippen LogP contribution in [-0.2, 0) is 11.0 Å². The van der Waals surface area contributed by atoms with Gasteiger partial charge in [-0.3, -0.25) is 25.0 Å². The molecule has 1 heterocycles. The van der Waals surface area contributed by atoms with E-state index in [4.69, 9.17) is 0 Å². The van der Waals surface area contributed by atoms with E-state index in [9.17, 15) is 32.9 Å². The molecule has 9 nitrogen and oxygen atoms in total. The Bertz CT molecular complexity index is 1170. The Kier molecular flexibility index (Phi) is 7.05. The summed E-state index contributed by atoms with van der Waals surface area (Å²) in [4.78, 5) is 34.5. The number of benzene rings is 2. The van der Waals surface area contributed by atoms with Crippen molar-refractivity contribution >= 4 is 51.4 Å². The SMILES string of the molecule is O=C(CSc1nnc(NC(=O)c2cccc([N+](=O)[O-])c2)s1)Nc1ccccc1C(F)(F)F. The number of hydrogen-bond donors (Lipinski definition) is 2. The average molecular weight is 483 g/mol. The Labute approximate surface area is 186 Å². The van der Waals surface area contributed by atoms with Gasteiger partial charge in [0.05, 0.1) is 21.9 Å². The van der Waals surface area contributed by atoms with E-state index in [1.165, 1.54) is 30.3 Å². The number of nitro benzene ring substituents is 1. The van der Waals surface area contributed by atoms with Crippen molar-refractivity contribution in [2.45, 2.75) is 10.5 Å². The number of anilines is 2. The molecule has 0 unspecified atom stereocenters. The van der Waals surface area contributed by atoms with E-state index >= 15 is 0 Å². The van der Waals surface area contributed by atoms with Crippen LogP contribution in [0.25, 0.3) is 0 Å². The van der Waals surface area contributed by atoms with Gasteiger partial charge in [-0.1, -0.05) is 41.3 Å². The van der Waals surface area contributed by atoms with Gasteiger partial charge < -0.3 is 5.32 Å². The van der Waals surface area contributed by atoms with Gasteiger partial charge in [-0.15, -0.1) is 10.2 Å². The molecule has 2 amide bonds. The van der Waals surface area contributed by atoms with E-state index in [-0.39, 0.29) is 27.8 Å². The number of rotatable bonds is 7. The van der Waals surface area contributed by atoms with E-state index < -0.39 is 28.5 Å². The number of carbonyl (C=O) groups excluding carboxylic acids is 2. The molecule has 0 saturated carbocycles. The fraction of sp³-hybridized carbons (Fsp3) is 0.111. The number of halogens is 3. The molecule has 2 aromatic carbocycles. The number of nitro groups is 1. The molecule has 0 aliphatic carbocycles. The first kappa shape index (κ1) is 23.1. The van der Waals surface area contributed by atoms with Gasteiger partial charge in [-0.05, 0) is 18.2 Å². The second-order valence-corrected chi connectivity index (χ2v) is 8.21. The standard InChI is InChI=1S/C18H12F3N5O4S2/c19-18(20,21)12-6-1-2-7-13(12)22-14(27)9-31-17-25-24-16(32-17)23-15(28)10-4-3-5-11(8-10)26(29)30/h1-8H,9H2,(H,22,27)(H,23,24,28). The minimum Gasteiger partial charge on any atom is -0.325 e. The molecule has 3 rings (SSSR count). The molecular weight excluding hydrogens is 471 g/mol. The molecule has 2 N–H and O–H groups in total. The van der Waals surface area contributed by atoms with Crippen LogP contribution in [0, 0.1) is 10.1 Å². The van der Waals surface area contributed by atoms with E-state index in [2.05, 4.69) is 20.8 Å². The highest BCUT2D eigenvalue weighted by Gasteiger charge is 2.33. The van der Waals surface area contributed by atoms with Crippen molar-refractivity contribution in [3.63, 3.8) is 0 Å². The Hall–Kier alpha value is -3.52. The molecule has 14 heteroatoms. The maximum absolute atomic E-state index is 13.0. The van der Waals surface area contributed by atoms with Crippen molar-refractivity contribution in [3.05, 3.63) is 69.8 Å². The fourth-order valence-corrected chi connectivity index (χ4v) is 3.95. The number of non-ortho nitro benzene ring substituents is 1. The smallest absolute Gasteiger partial charge is 0.325 e. The highest BCUT2D eigenvalue weighted by molar-refractivity contribution is 8.01. The second-order valence-electron chi connectivity index (χ2n) is 6.01. The lowest BCUT2D eigenvalue weighted by molar-refractivity contribution is -0.384. The van der Waals surface area contributed by atoms with E-state index in [0.717, 1.165) is 41.3 Å². The Morgan fingerprint density at radius 3 is 2.56 bits per heavy atom. The molecule has 166 valence electrons. The third-order valence-electron chi connectivity index (χ3n) is 3.78. The Balaban J connectivity index is 1.57. The first-order valence-corrected chi connectivity index (χ1v) is 10.4. The van der Waals surface area contributed by atoms with Gasteiger partial charge in [0.15, 0.2) is 4.34 Å². The van der Waals surface area contributed by atoms with Crippen LogP contribution in [0.5, 0.6) is 0 Å². The molecule has 3 aromatic rings. The summed E-state index contributed by atoms with van der Waals surface area (Å²) in [6.45, 7) is 0. The van der Waals surface area contributed by atoms with Crippen molar-refractivity contribution in [1.29, 1.82) is 0 Å². The van der Waals surface area contributed by atoms with Crippen molar-refractivity contribution < 1.29 is 27.7 Å².